The molecule has 118 valence electrons. The molecule has 0 radical (unpaired) electrons. The molecular formula is C17H28N2O2. The van der Waals surface area contributed by atoms with Gasteiger partial charge in [-0.15, -0.1) is 0 Å². The van der Waals surface area contributed by atoms with Gasteiger partial charge in [-0.2, -0.15) is 0 Å². The maximum Gasteiger partial charge on any atom is 0.0900 e. The van der Waals surface area contributed by atoms with Crippen LogP contribution in [0.1, 0.15) is 18.9 Å². The van der Waals surface area contributed by atoms with Crippen LogP contribution in [-0.4, -0.2) is 66.9 Å². The summed E-state index contributed by atoms with van der Waals surface area (Å²) in [4.78, 5) is 4.74. The molecule has 1 saturated heterocycles. The van der Waals surface area contributed by atoms with E-state index < -0.39 is 6.10 Å². The molecule has 1 aromatic rings. The molecule has 0 aromatic heterocycles. The number of benzene rings is 1. The highest BCUT2D eigenvalue weighted by Gasteiger charge is 2.21. The first-order valence-corrected chi connectivity index (χ1v) is 7.87. The molecule has 1 N–H and O–H groups in total. The van der Waals surface area contributed by atoms with E-state index in [4.69, 9.17) is 4.74 Å². The van der Waals surface area contributed by atoms with Crippen LogP contribution in [0.15, 0.2) is 30.3 Å². The minimum absolute atomic E-state index is 0.397. The molecule has 0 bridgehead atoms. The second kappa shape index (κ2) is 8.49. The van der Waals surface area contributed by atoms with Crippen molar-refractivity contribution >= 4 is 0 Å². The zero-order chi connectivity index (χ0) is 15.1. The number of nitrogens with zero attached hydrogens (tertiary/aromatic N) is 2. The normalized spacial score (nSPS) is 22.9. The molecule has 0 spiro atoms. The van der Waals surface area contributed by atoms with Crippen LogP contribution in [0.5, 0.6) is 0 Å². The second-order valence-corrected chi connectivity index (χ2v) is 6.11. The first-order chi connectivity index (χ1) is 10.1. The number of hydrogen-bond acceptors (Lipinski definition) is 4. The van der Waals surface area contributed by atoms with Crippen molar-refractivity contribution in [3.8, 4) is 0 Å². The molecule has 21 heavy (non-hydrogen) atoms. The third-order valence-corrected chi connectivity index (χ3v) is 4.05. The van der Waals surface area contributed by atoms with Gasteiger partial charge in [0.15, 0.2) is 0 Å². The number of aliphatic hydroxyl groups excluding tert-OH is 1. The Hall–Kier alpha value is -0.940. The quantitative estimate of drug-likeness (QED) is 0.864. The molecule has 0 aliphatic carbocycles. The molecule has 2 atom stereocenters. The van der Waals surface area contributed by atoms with Crippen molar-refractivity contribution in [2.75, 3.05) is 39.8 Å². The summed E-state index contributed by atoms with van der Waals surface area (Å²) in [6.07, 6.45) is 0.748. The molecule has 2 unspecified atom stereocenters. The summed E-state index contributed by atoms with van der Waals surface area (Å²) in [5, 5.41) is 10.2. The lowest BCUT2D eigenvalue weighted by Gasteiger charge is -2.29. The Morgan fingerprint density at radius 3 is 2.81 bits per heavy atom. The fourth-order valence-electron chi connectivity index (χ4n) is 2.90. The van der Waals surface area contributed by atoms with Gasteiger partial charge < -0.3 is 14.7 Å². The van der Waals surface area contributed by atoms with Gasteiger partial charge >= 0.3 is 0 Å². The summed E-state index contributed by atoms with van der Waals surface area (Å²) < 4.78 is 5.62. The highest BCUT2D eigenvalue weighted by Crippen LogP contribution is 2.09. The Kier molecular flexibility index (Phi) is 6.64. The second-order valence-electron chi connectivity index (χ2n) is 6.11. The fraction of sp³-hybridized carbons (Fsp3) is 0.647. The monoisotopic (exact) mass is 292 g/mol. The van der Waals surface area contributed by atoms with Crippen LogP contribution in [0.2, 0.25) is 0 Å². The van der Waals surface area contributed by atoms with Crippen molar-refractivity contribution in [3.63, 3.8) is 0 Å². The maximum absolute atomic E-state index is 10.2. The van der Waals surface area contributed by atoms with E-state index in [1.807, 2.05) is 30.3 Å². The van der Waals surface area contributed by atoms with Crippen LogP contribution >= 0.6 is 0 Å². The first-order valence-electron chi connectivity index (χ1n) is 7.87. The molecule has 1 heterocycles. The lowest BCUT2D eigenvalue weighted by atomic mass is 10.2. The lowest BCUT2D eigenvalue weighted by Crippen LogP contribution is -2.43. The number of β-amino-alcohol motifs (C(OH)–C–C–N with tert-alkyl or cyclic N) is 1. The SMILES string of the molecule is CC1CN(C)CCCN1CC(O)COCc1ccccc1. The molecule has 0 saturated carbocycles. The zero-order valence-electron chi connectivity index (χ0n) is 13.2. The van der Waals surface area contributed by atoms with Gasteiger partial charge in [0.1, 0.15) is 0 Å². The van der Waals surface area contributed by atoms with Crippen molar-refractivity contribution in [1.29, 1.82) is 0 Å². The first kappa shape index (κ1) is 16.4. The number of rotatable bonds is 6. The van der Waals surface area contributed by atoms with Gasteiger partial charge in [0, 0.05) is 19.1 Å². The van der Waals surface area contributed by atoms with E-state index in [1.165, 1.54) is 6.42 Å². The summed E-state index contributed by atoms with van der Waals surface area (Å²) >= 11 is 0. The molecule has 0 amide bonds. The molecule has 1 aliphatic heterocycles. The average Bonchev–Trinajstić information content (AvgIpc) is 2.61. The van der Waals surface area contributed by atoms with Crippen LogP contribution in [0, 0.1) is 0 Å². The van der Waals surface area contributed by atoms with Crippen molar-refractivity contribution in [2.24, 2.45) is 0 Å². The highest BCUT2D eigenvalue weighted by molar-refractivity contribution is 5.13. The van der Waals surface area contributed by atoms with Crippen LogP contribution < -0.4 is 0 Å². The van der Waals surface area contributed by atoms with Gasteiger partial charge in [-0.25, -0.2) is 0 Å². The van der Waals surface area contributed by atoms with E-state index in [2.05, 4.69) is 23.8 Å². The number of ether oxygens (including phenoxy) is 1. The number of aliphatic hydroxyl groups is 1. The summed E-state index contributed by atoms with van der Waals surface area (Å²) in [5.74, 6) is 0. The van der Waals surface area contributed by atoms with E-state index in [0.29, 0.717) is 25.8 Å². The van der Waals surface area contributed by atoms with Crippen LogP contribution in [0.4, 0.5) is 0 Å². The molecule has 1 aliphatic rings. The Morgan fingerprint density at radius 1 is 1.29 bits per heavy atom. The summed E-state index contributed by atoms with van der Waals surface area (Å²) in [5.41, 5.74) is 1.15. The average molecular weight is 292 g/mol. The van der Waals surface area contributed by atoms with Gasteiger partial charge in [0.05, 0.1) is 19.3 Å². The molecular weight excluding hydrogens is 264 g/mol. The van der Waals surface area contributed by atoms with Crippen LogP contribution in [0.25, 0.3) is 0 Å². The molecule has 1 aromatic carbocycles. The van der Waals surface area contributed by atoms with Gasteiger partial charge in [-0.3, -0.25) is 4.90 Å². The smallest absolute Gasteiger partial charge is 0.0900 e. The summed E-state index contributed by atoms with van der Waals surface area (Å²) in [7, 11) is 2.17. The van der Waals surface area contributed by atoms with Gasteiger partial charge in [0.25, 0.3) is 0 Å². The highest BCUT2D eigenvalue weighted by atomic mass is 16.5. The van der Waals surface area contributed by atoms with E-state index in [-0.39, 0.29) is 0 Å². The third kappa shape index (κ3) is 5.75. The van der Waals surface area contributed by atoms with E-state index in [0.717, 1.165) is 25.2 Å². The van der Waals surface area contributed by atoms with Gasteiger partial charge in [-0.05, 0) is 39.0 Å². The van der Waals surface area contributed by atoms with E-state index in [1.54, 1.807) is 0 Å². The standard InChI is InChI=1S/C17H28N2O2/c1-15-11-18(2)9-6-10-19(15)12-17(20)14-21-13-16-7-4-3-5-8-16/h3-5,7-8,15,17,20H,6,9-14H2,1-2H3. The minimum Gasteiger partial charge on any atom is -0.389 e. The number of hydrogen-bond donors (Lipinski definition) is 1. The number of likely N-dealkylation sites (N-methyl/N-ethyl adjacent to an activating group) is 1. The Morgan fingerprint density at radius 2 is 2.05 bits per heavy atom. The fourth-order valence-corrected chi connectivity index (χ4v) is 2.90. The molecule has 1 fully saturated rings. The predicted octanol–water partition coefficient (Wildman–Crippen LogP) is 1.59. The molecule has 4 nitrogen and oxygen atoms in total. The largest absolute Gasteiger partial charge is 0.389 e. The predicted molar refractivity (Wildman–Crippen MR) is 85.3 cm³/mol. The molecule has 4 heteroatoms. The zero-order valence-corrected chi connectivity index (χ0v) is 13.2. The Labute approximate surface area is 128 Å². The molecule has 2 rings (SSSR count). The van der Waals surface area contributed by atoms with Crippen molar-refractivity contribution < 1.29 is 9.84 Å². The van der Waals surface area contributed by atoms with Crippen LogP contribution in [0.3, 0.4) is 0 Å². The Balaban J connectivity index is 1.70. The van der Waals surface area contributed by atoms with Crippen LogP contribution in [-0.2, 0) is 11.3 Å². The third-order valence-electron chi connectivity index (χ3n) is 4.05. The summed E-state index contributed by atoms with van der Waals surface area (Å²) in [6, 6.07) is 10.6. The van der Waals surface area contributed by atoms with Crippen molar-refractivity contribution in [2.45, 2.75) is 32.1 Å². The minimum atomic E-state index is -0.417. The van der Waals surface area contributed by atoms with Crippen molar-refractivity contribution in [3.05, 3.63) is 35.9 Å². The topological polar surface area (TPSA) is 35.9 Å². The Bertz CT molecular complexity index is 399. The van der Waals surface area contributed by atoms with Gasteiger partial charge in [0.2, 0.25) is 0 Å². The van der Waals surface area contributed by atoms with E-state index in [9.17, 15) is 5.11 Å². The lowest BCUT2D eigenvalue weighted by molar-refractivity contribution is 0.00420. The van der Waals surface area contributed by atoms with Gasteiger partial charge in [-0.1, -0.05) is 30.3 Å². The summed E-state index contributed by atoms with van der Waals surface area (Å²) in [6.45, 7) is 7.16. The van der Waals surface area contributed by atoms with Crippen molar-refractivity contribution in [1.82, 2.24) is 9.80 Å². The van der Waals surface area contributed by atoms with E-state index >= 15 is 0 Å². The maximum atomic E-state index is 10.2.